The highest BCUT2D eigenvalue weighted by molar-refractivity contribution is 6.31. The predicted molar refractivity (Wildman–Crippen MR) is 54.8 cm³/mol. The van der Waals surface area contributed by atoms with Crippen molar-refractivity contribution in [3.8, 4) is 0 Å². The van der Waals surface area contributed by atoms with Crippen LogP contribution >= 0.6 is 11.6 Å². The molecule has 0 heterocycles. The molecule has 0 aliphatic rings. The molecule has 1 aromatic carbocycles. The molecular weight excluding hydrogens is 188 g/mol. The fourth-order valence-electron chi connectivity index (χ4n) is 1.19. The summed E-state index contributed by atoms with van der Waals surface area (Å²) in [6, 6.07) is 5.70. The lowest BCUT2D eigenvalue weighted by Gasteiger charge is -2.17. The minimum Gasteiger partial charge on any atom is -0.377 e. The summed E-state index contributed by atoms with van der Waals surface area (Å²) in [5.74, 6) is 5.02. The molecule has 0 aliphatic heterocycles. The van der Waals surface area contributed by atoms with E-state index >= 15 is 0 Å². The first-order chi connectivity index (χ1) is 6.16. The molecule has 0 aliphatic carbocycles. The number of rotatable bonds is 3. The third-order valence-electron chi connectivity index (χ3n) is 1.80. The van der Waals surface area contributed by atoms with Crippen molar-refractivity contribution in [1.82, 2.24) is 0 Å². The van der Waals surface area contributed by atoms with E-state index in [-0.39, 0.29) is 0 Å². The van der Waals surface area contributed by atoms with Crippen molar-refractivity contribution in [2.75, 3.05) is 19.0 Å². The Hall–Kier alpha value is -0.770. The molecule has 0 saturated heterocycles. The topological polar surface area (TPSA) is 38.5 Å². The first-order valence-electron chi connectivity index (χ1n) is 3.93. The minimum atomic E-state index is 0.327. The van der Waals surface area contributed by atoms with E-state index in [1.807, 2.05) is 37.2 Å². The molecule has 0 atom stereocenters. The van der Waals surface area contributed by atoms with Crippen molar-refractivity contribution < 1.29 is 4.84 Å². The van der Waals surface area contributed by atoms with Crippen LogP contribution in [0.2, 0.25) is 5.02 Å². The van der Waals surface area contributed by atoms with Crippen LogP contribution < -0.4 is 10.8 Å². The Kier molecular flexibility index (Phi) is 3.54. The van der Waals surface area contributed by atoms with Gasteiger partial charge in [0.2, 0.25) is 0 Å². The zero-order chi connectivity index (χ0) is 9.84. The van der Waals surface area contributed by atoms with E-state index in [1.165, 1.54) is 0 Å². The van der Waals surface area contributed by atoms with Crippen molar-refractivity contribution in [3.05, 3.63) is 28.8 Å². The summed E-state index contributed by atoms with van der Waals surface area (Å²) in [6.07, 6.45) is 0. The molecule has 0 aromatic heterocycles. The minimum absolute atomic E-state index is 0.327. The Labute approximate surface area is 83.0 Å². The van der Waals surface area contributed by atoms with Gasteiger partial charge in [0, 0.05) is 30.4 Å². The molecule has 72 valence electrons. The number of halogens is 1. The van der Waals surface area contributed by atoms with E-state index in [0.717, 1.165) is 11.3 Å². The second-order valence-electron chi connectivity index (χ2n) is 2.94. The summed E-state index contributed by atoms with van der Waals surface area (Å²) in [4.78, 5) is 6.56. The normalized spacial score (nSPS) is 10.2. The second-order valence-corrected chi connectivity index (χ2v) is 3.35. The smallest absolute Gasteiger partial charge is 0.0964 e. The van der Waals surface area contributed by atoms with Gasteiger partial charge in [-0.1, -0.05) is 17.7 Å². The fourth-order valence-corrected chi connectivity index (χ4v) is 1.42. The van der Waals surface area contributed by atoms with Gasteiger partial charge in [0.15, 0.2) is 0 Å². The van der Waals surface area contributed by atoms with Gasteiger partial charge >= 0.3 is 0 Å². The molecule has 2 N–H and O–H groups in total. The van der Waals surface area contributed by atoms with Crippen LogP contribution in [0.4, 0.5) is 5.69 Å². The van der Waals surface area contributed by atoms with E-state index in [2.05, 4.69) is 4.84 Å². The Balaban J connectivity index is 3.09. The summed E-state index contributed by atoms with van der Waals surface area (Å²) in [7, 11) is 3.90. The van der Waals surface area contributed by atoms with Crippen LogP contribution in [0.1, 0.15) is 5.56 Å². The van der Waals surface area contributed by atoms with Gasteiger partial charge in [-0.15, -0.1) is 0 Å². The average Bonchev–Trinajstić information content (AvgIpc) is 2.08. The Morgan fingerprint density at radius 2 is 2.15 bits per heavy atom. The van der Waals surface area contributed by atoms with Crippen LogP contribution in [0.5, 0.6) is 0 Å². The molecule has 1 rings (SSSR count). The highest BCUT2D eigenvalue weighted by Gasteiger charge is 2.07. The van der Waals surface area contributed by atoms with Crippen LogP contribution in [0.3, 0.4) is 0 Å². The third kappa shape index (κ3) is 2.34. The number of anilines is 1. The molecule has 0 spiro atoms. The van der Waals surface area contributed by atoms with Gasteiger partial charge in [0.25, 0.3) is 0 Å². The van der Waals surface area contributed by atoms with Gasteiger partial charge in [0.1, 0.15) is 0 Å². The Morgan fingerprint density at radius 1 is 1.46 bits per heavy atom. The predicted octanol–water partition coefficient (Wildman–Crippen LogP) is 1.80. The van der Waals surface area contributed by atoms with E-state index in [9.17, 15) is 0 Å². The molecular formula is C9H13ClN2O. The van der Waals surface area contributed by atoms with Crippen molar-refractivity contribution >= 4 is 17.3 Å². The van der Waals surface area contributed by atoms with Gasteiger partial charge in [-0.25, -0.2) is 5.90 Å². The largest absolute Gasteiger partial charge is 0.377 e. The molecule has 0 fully saturated rings. The fraction of sp³-hybridized carbons (Fsp3) is 0.333. The number of nitrogens with two attached hydrogens (primary N) is 1. The van der Waals surface area contributed by atoms with Gasteiger partial charge in [-0.05, 0) is 12.1 Å². The van der Waals surface area contributed by atoms with Crippen LogP contribution in [0.25, 0.3) is 0 Å². The van der Waals surface area contributed by atoms with Gasteiger partial charge in [-0.2, -0.15) is 0 Å². The number of nitrogens with zero attached hydrogens (tertiary/aromatic N) is 1. The maximum atomic E-state index is 5.99. The molecule has 0 saturated carbocycles. The van der Waals surface area contributed by atoms with Crippen molar-refractivity contribution in [2.24, 2.45) is 5.90 Å². The molecule has 1 aromatic rings. The SMILES string of the molecule is CN(C)c1cccc(Cl)c1CON. The van der Waals surface area contributed by atoms with Crippen LogP contribution in [-0.4, -0.2) is 14.1 Å². The number of benzene rings is 1. The zero-order valence-electron chi connectivity index (χ0n) is 7.75. The number of hydrogen-bond donors (Lipinski definition) is 1. The first kappa shape index (κ1) is 10.3. The van der Waals surface area contributed by atoms with Crippen molar-refractivity contribution in [3.63, 3.8) is 0 Å². The van der Waals surface area contributed by atoms with Gasteiger partial charge in [-0.3, -0.25) is 4.84 Å². The average molecular weight is 201 g/mol. The molecule has 4 heteroatoms. The maximum Gasteiger partial charge on any atom is 0.0964 e. The second kappa shape index (κ2) is 4.46. The first-order valence-corrected chi connectivity index (χ1v) is 4.31. The van der Waals surface area contributed by atoms with E-state index in [1.54, 1.807) is 0 Å². The maximum absolute atomic E-state index is 5.99. The highest BCUT2D eigenvalue weighted by Crippen LogP contribution is 2.26. The molecule has 0 unspecified atom stereocenters. The lowest BCUT2D eigenvalue weighted by Crippen LogP contribution is -2.12. The summed E-state index contributed by atoms with van der Waals surface area (Å²) in [6.45, 7) is 0.327. The summed E-state index contributed by atoms with van der Waals surface area (Å²) < 4.78 is 0. The highest BCUT2D eigenvalue weighted by atomic mass is 35.5. The monoisotopic (exact) mass is 200 g/mol. The summed E-state index contributed by atoms with van der Waals surface area (Å²) in [5.41, 5.74) is 1.94. The lowest BCUT2D eigenvalue weighted by atomic mass is 10.2. The summed E-state index contributed by atoms with van der Waals surface area (Å²) in [5, 5.41) is 0.677. The third-order valence-corrected chi connectivity index (χ3v) is 2.16. The van der Waals surface area contributed by atoms with E-state index in [4.69, 9.17) is 17.5 Å². The molecule has 0 bridgehead atoms. The Morgan fingerprint density at radius 3 is 2.69 bits per heavy atom. The van der Waals surface area contributed by atoms with Gasteiger partial charge in [0.05, 0.1) is 6.61 Å². The van der Waals surface area contributed by atoms with Crippen LogP contribution in [0.15, 0.2) is 18.2 Å². The van der Waals surface area contributed by atoms with Crippen molar-refractivity contribution in [1.29, 1.82) is 0 Å². The van der Waals surface area contributed by atoms with Crippen molar-refractivity contribution in [2.45, 2.75) is 6.61 Å². The summed E-state index contributed by atoms with van der Waals surface area (Å²) >= 11 is 5.99. The lowest BCUT2D eigenvalue weighted by molar-refractivity contribution is 0.124. The molecule has 0 amide bonds. The molecule has 13 heavy (non-hydrogen) atoms. The van der Waals surface area contributed by atoms with E-state index < -0.39 is 0 Å². The van der Waals surface area contributed by atoms with E-state index in [0.29, 0.717) is 11.6 Å². The standard InChI is InChI=1S/C9H13ClN2O/c1-12(2)9-5-3-4-8(10)7(9)6-13-11/h3-5H,6,11H2,1-2H3. The van der Waals surface area contributed by atoms with Crippen LogP contribution in [0, 0.1) is 0 Å². The Bertz CT molecular complexity index is 289. The molecule has 3 nitrogen and oxygen atoms in total. The quantitative estimate of drug-likeness (QED) is 0.757. The molecule has 0 radical (unpaired) electrons. The van der Waals surface area contributed by atoms with Crippen LogP contribution in [-0.2, 0) is 11.4 Å². The number of hydrogen-bond acceptors (Lipinski definition) is 3. The zero-order valence-corrected chi connectivity index (χ0v) is 8.51. The van der Waals surface area contributed by atoms with Gasteiger partial charge < -0.3 is 4.90 Å².